The van der Waals surface area contributed by atoms with Crippen molar-refractivity contribution in [1.82, 2.24) is 0 Å². The normalized spacial score (nSPS) is 31.8. The number of carbonyl (C=O) groups excluding carboxylic acids is 1. The fourth-order valence-corrected chi connectivity index (χ4v) is 3.29. The van der Waals surface area contributed by atoms with Crippen molar-refractivity contribution in [2.24, 2.45) is 0 Å². The third kappa shape index (κ3) is 4.27. The minimum Gasteiger partial charge on any atom is -0.388 e. The van der Waals surface area contributed by atoms with Gasteiger partial charge >= 0.3 is 0 Å². The zero-order valence-corrected chi connectivity index (χ0v) is 15.1. The first-order valence-electron chi connectivity index (χ1n) is 8.60. The SMILES string of the molecule is CC1(C)OC[C@@H]([C@@H]2OC(C)(C)O[C@H]2C(=O)C[C@H](O)c2ccccc2)O1. The Balaban J connectivity index is 1.71. The van der Waals surface area contributed by atoms with Crippen molar-refractivity contribution in [3.63, 3.8) is 0 Å². The van der Waals surface area contributed by atoms with Crippen LogP contribution in [0.2, 0.25) is 0 Å². The van der Waals surface area contributed by atoms with E-state index in [9.17, 15) is 9.90 Å². The molecule has 25 heavy (non-hydrogen) atoms. The van der Waals surface area contributed by atoms with E-state index in [-0.39, 0.29) is 18.3 Å². The van der Waals surface area contributed by atoms with Crippen LogP contribution in [0.1, 0.15) is 45.8 Å². The number of aliphatic hydroxyl groups is 1. The van der Waals surface area contributed by atoms with Crippen LogP contribution in [-0.4, -0.2) is 47.4 Å². The zero-order chi connectivity index (χ0) is 18.2. The molecule has 2 saturated heterocycles. The molecule has 6 heteroatoms. The molecule has 2 aliphatic heterocycles. The maximum atomic E-state index is 12.8. The molecule has 2 aliphatic rings. The monoisotopic (exact) mass is 350 g/mol. The molecule has 2 fully saturated rings. The number of carbonyl (C=O) groups is 1. The molecule has 0 amide bonds. The van der Waals surface area contributed by atoms with Gasteiger partial charge in [-0.1, -0.05) is 30.3 Å². The van der Waals surface area contributed by atoms with Crippen LogP contribution in [0.4, 0.5) is 0 Å². The summed E-state index contributed by atoms with van der Waals surface area (Å²) in [7, 11) is 0. The van der Waals surface area contributed by atoms with E-state index < -0.39 is 29.9 Å². The highest BCUT2D eigenvalue weighted by Crippen LogP contribution is 2.36. The van der Waals surface area contributed by atoms with E-state index in [0.717, 1.165) is 0 Å². The van der Waals surface area contributed by atoms with Gasteiger partial charge < -0.3 is 24.1 Å². The number of aliphatic hydroxyl groups excluding tert-OH is 1. The summed E-state index contributed by atoms with van der Waals surface area (Å²) in [6.07, 6.45) is -2.66. The van der Waals surface area contributed by atoms with Crippen LogP contribution in [0.15, 0.2) is 30.3 Å². The molecule has 6 nitrogen and oxygen atoms in total. The number of hydrogen-bond acceptors (Lipinski definition) is 6. The van der Waals surface area contributed by atoms with Crippen molar-refractivity contribution in [2.75, 3.05) is 6.61 Å². The highest BCUT2D eigenvalue weighted by Gasteiger charge is 2.52. The lowest BCUT2D eigenvalue weighted by Crippen LogP contribution is -2.42. The highest BCUT2D eigenvalue weighted by molar-refractivity contribution is 5.84. The second kappa shape index (κ2) is 6.78. The fourth-order valence-electron chi connectivity index (χ4n) is 3.29. The second-order valence-electron chi connectivity index (χ2n) is 7.48. The van der Waals surface area contributed by atoms with Crippen molar-refractivity contribution in [3.8, 4) is 0 Å². The van der Waals surface area contributed by atoms with Gasteiger partial charge in [0, 0.05) is 6.42 Å². The first-order valence-corrected chi connectivity index (χ1v) is 8.60. The van der Waals surface area contributed by atoms with Crippen molar-refractivity contribution in [2.45, 2.75) is 70.1 Å². The summed E-state index contributed by atoms with van der Waals surface area (Å²) in [6, 6.07) is 9.11. The molecule has 138 valence electrons. The Labute approximate surface area is 148 Å². The zero-order valence-electron chi connectivity index (χ0n) is 15.1. The van der Waals surface area contributed by atoms with Gasteiger partial charge in [0.15, 0.2) is 17.4 Å². The molecule has 1 aromatic rings. The van der Waals surface area contributed by atoms with Gasteiger partial charge in [0.25, 0.3) is 0 Å². The van der Waals surface area contributed by atoms with Crippen LogP contribution < -0.4 is 0 Å². The molecule has 0 aliphatic carbocycles. The molecule has 3 rings (SSSR count). The van der Waals surface area contributed by atoms with E-state index in [0.29, 0.717) is 12.2 Å². The molecule has 4 atom stereocenters. The van der Waals surface area contributed by atoms with Crippen LogP contribution in [0.5, 0.6) is 0 Å². The highest BCUT2D eigenvalue weighted by atomic mass is 16.8. The topological polar surface area (TPSA) is 74.2 Å². The molecule has 1 N–H and O–H groups in total. The molecule has 1 aromatic carbocycles. The summed E-state index contributed by atoms with van der Waals surface area (Å²) >= 11 is 0. The Bertz CT molecular complexity index is 612. The summed E-state index contributed by atoms with van der Waals surface area (Å²) in [6.45, 7) is 7.51. The van der Waals surface area contributed by atoms with E-state index >= 15 is 0 Å². The van der Waals surface area contributed by atoms with Crippen LogP contribution in [0.25, 0.3) is 0 Å². The summed E-state index contributed by atoms with van der Waals surface area (Å²) in [5.41, 5.74) is 0.701. The predicted molar refractivity (Wildman–Crippen MR) is 89.8 cm³/mol. The third-order valence-corrected chi connectivity index (χ3v) is 4.42. The number of ether oxygens (including phenoxy) is 4. The van der Waals surface area contributed by atoms with Gasteiger partial charge in [0.05, 0.1) is 12.7 Å². The molecule has 2 heterocycles. The van der Waals surface area contributed by atoms with Gasteiger partial charge in [0.2, 0.25) is 0 Å². The first kappa shape index (κ1) is 18.5. The quantitative estimate of drug-likeness (QED) is 0.879. The van der Waals surface area contributed by atoms with Gasteiger partial charge in [-0.3, -0.25) is 4.79 Å². The van der Waals surface area contributed by atoms with Crippen molar-refractivity contribution < 1.29 is 28.8 Å². The molecule has 0 aromatic heterocycles. The molecule has 0 radical (unpaired) electrons. The summed E-state index contributed by atoms with van der Waals surface area (Å²) in [5, 5.41) is 10.3. The first-order chi connectivity index (χ1) is 11.7. The number of hydrogen-bond donors (Lipinski definition) is 1. The van der Waals surface area contributed by atoms with Gasteiger partial charge in [-0.25, -0.2) is 0 Å². The Hall–Kier alpha value is -1.31. The molecular formula is C19H26O6. The Kier molecular flexibility index (Phi) is 5.01. The van der Waals surface area contributed by atoms with E-state index in [1.807, 2.05) is 32.0 Å². The summed E-state index contributed by atoms with van der Waals surface area (Å²) < 4.78 is 23.2. The molecule has 0 unspecified atom stereocenters. The van der Waals surface area contributed by atoms with E-state index in [2.05, 4.69) is 0 Å². The van der Waals surface area contributed by atoms with Crippen LogP contribution >= 0.6 is 0 Å². The number of Topliss-reactive ketones (excluding diaryl/α,β-unsaturated/α-hetero) is 1. The third-order valence-electron chi connectivity index (χ3n) is 4.42. The van der Waals surface area contributed by atoms with Crippen LogP contribution in [0, 0.1) is 0 Å². The van der Waals surface area contributed by atoms with Crippen molar-refractivity contribution in [1.29, 1.82) is 0 Å². The summed E-state index contributed by atoms with van der Waals surface area (Å²) in [5.74, 6) is -1.81. The van der Waals surface area contributed by atoms with Crippen LogP contribution in [-0.2, 0) is 23.7 Å². The van der Waals surface area contributed by atoms with Gasteiger partial charge in [-0.05, 0) is 33.3 Å². The smallest absolute Gasteiger partial charge is 0.167 e. The molecule has 0 spiro atoms. The molecular weight excluding hydrogens is 324 g/mol. The maximum Gasteiger partial charge on any atom is 0.167 e. The average Bonchev–Trinajstić information content (AvgIpc) is 3.07. The second-order valence-corrected chi connectivity index (χ2v) is 7.48. The predicted octanol–water partition coefficient (Wildman–Crippen LogP) is 2.35. The minimum absolute atomic E-state index is 0.0401. The maximum absolute atomic E-state index is 12.8. The lowest BCUT2D eigenvalue weighted by Gasteiger charge is -2.23. The number of ketones is 1. The lowest BCUT2D eigenvalue weighted by molar-refractivity contribution is -0.175. The summed E-state index contributed by atoms with van der Waals surface area (Å²) in [4.78, 5) is 12.8. The Morgan fingerprint density at radius 2 is 1.80 bits per heavy atom. The van der Waals surface area contributed by atoms with Crippen molar-refractivity contribution in [3.05, 3.63) is 35.9 Å². The van der Waals surface area contributed by atoms with E-state index in [1.165, 1.54) is 0 Å². The largest absolute Gasteiger partial charge is 0.388 e. The molecule has 0 saturated carbocycles. The Morgan fingerprint density at radius 1 is 1.12 bits per heavy atom. The van der Waals surface area contributed by atoms with Gasteiger partial charge in [-0.15, -0.1) is 0 Å². The average molecular weight is 350 g/mol. The Morgan fingerprint density at radius 3 is 2.40 bits per heavy atom. The van der Waals surface area contributed by atoms with Crippen LogP contribution in [0.3, 0.4) is 0 Å². The van der Waals surface area contributed by atoms with Gasteiger partial charge in [-0.2, -0.15) is 0 Å². The number of rotatable bonds is 5. The van der Waals surface area contributed by atoms with Gasteiger partial charge in [0.1, 0.15) is 18.3 Å². The van der Waals surface area contributed by atoms with E-state index in [4.69, 9.17) is 18.9 Å². The number of benzene rings is 1. The minimum atomic E-state index is -0.890. The van der Waals surface area contributed by atoms with E-state index in [1.54, 1.807) is 26.0 Å². The molecule has 0 bridgehead atoms. The standard InChI is InChI=1S/C19H26O6/c1-18(2)22-11-15(23-18)17-16(24-19(3,4)25-17)14(21)10-13(20)12-8-6-5-7-9-12/h5-9,13,15-17,20H,10-11H2,1-4H3/t13-,15-,16-,17-/m0/s1. The van der Waals surface area contributed by atoms with Crippen molar-refractivity contribution >= 4 is 5.78 Å². The fraction of sp³-hybridized carbons (Fsp3) is 0.632. The lowest BCUT2D eigenvalue weighted by atomic mass is 9.97.